The van der Waals surface area contributed by atoms with E-state index in [-0.39, 0.29) is 12.5 Å². The highest BCUT2D eigenvalue weighted by Crippen LogP contribution is 2.16. The zero-order valence-corrected chi connectivity index (χ0v) is 11.2. The highest BCUT2D eigenvalue weighted by molar-refractivity contribution is 5.95. The van der Waals surface area contributed by atoms with Gasteiger partial charge >= 0.3 is 0 Å². The lowest BCUT2D eigenvalue weighted by molar-refractivity contribution is -0.117. The van der Waals surface area contributed by atoms with Crippen molar-refractivity contribution in [2.45, 2.75) is 32.8 Å². The SMILES string of the molecule is CC/C(=C\C(=O)NCC(C)(C)O)c1ccccc1. The fraction of sp³-hybridized carbons (Fsp3) is 0.400. The second kappa shape index (κ2) is 6.36. The van der Waals surface area contributed by atoms with Crippen molar-refractivity contribution < 1.29 is 9.90 Å². The lowest BCUT2D eigenvalue weighted by Crippen LogP contribution is -2.37. The van der Waals surface area contributed by atoms with Crippen LogP contribution in [0.5, 0.6) is 0 Å². The summed E-state index contributed by atoms with van der Waals surface area (Å²) in [7, 11) is 0. The molecule has 0 aliphatic rings. The Balaban J connectivity index is 2.71. The van der Waals surface area contributed by atoms with Crippen LogP contribution in [0.2, 0.25) is 0 Å². The summed E-state index contributed by atoms with van der Waals surface area (Å²) in [6.45, 7) is 5.58. The molecule has 0 radical (unpaired) electrons. The van der Waals surface area contributed by atoms with Gasteiger partial charge in [0.05, 0.1) is 5.60 Å². The van der Waals surface area contributed by atoms with Gasteiger partial charge in [-0.2, -0.15) is 0 Å². The number of amides is 1. The molecule has 0 unspecified atom stereocenters. The summed E-state index contributed by atoms with van der Waals surface area (Å²) in [5, 5.41) is 12.2. The molecule has 1 amide bonds. The Hall–Kier alpha value is -1.61. The average molecular weight is 247 g/mol. The lowest BCUT2D eigenvalue weighted by atomic mass is 10.0. The quantitative estimate of drug-likeness (QED) is 0.785. The second-order valence-corrected chi connectivity index (χ2v) is 4.92. The lowest BCUT2D eigenvalue weighted by Gasteiger charge is -2.17. The van der Waals surface area contributed by atoms with Gasteiger partial charge in [-0.1, -0.05) is 37.3 Å². The Morgan fingerprint density at radius 3 is 2.44 bits per heavy atom. The maximum Gasteiger partial charge on any atom is 0.244 e. The van der Waals surface area contributed by atoms with E-state index in [1.54, 1.807) is 19.9 Å². The van der Waals surface area contributed by atoms with Gasteiger partial charge in [-0.15, -0.1) is 0 Å². The molecular formula is C15H21NO2. The number of benzene rings is 1. The topological polar surface area (TPSA) is 49.3 Å². The van der Waals surface area contributed by atoms with E-state index in [4.69, 9.17) is 0 Å². The van der Waals surface area contributed by atoms with Crippen LogP contribution in [-0.2, 0) is 4.79 Å². The minimum Gasteiger partial charge on any atom is -0.389 e. The third-order valence-corrected chi connectivity index (χ3v) is 2.53. The molecule has 98 valence electrons. The Morgan fingerprint density at radius 1 is 1.33 bits per heavy atom. The Bertz CT molecular complexity index is 416. The number of allylic oxidation sites excluding steroid dienone is 1. The van der Waals surface area contributed by atoms with Crippen molar-refractivity contribution in [3.8, 4) is 0 Å². The van der Waals surface area contributed by atoms with Crippen LogP contribution in [0.4, 0.5) is 0 Å². The van der Waals surface area contributed by atoms with Gasteiger partial charge in [0.15, 0.2) is 0 Å². The van der Waals surface area contributed by atoms with E-state index in [1.165, 1.54) is 0 Å². The molecule has 2 N–H and O–H groups in total. The Labute approximate surface area is 109 Å². The first-order valence-electron chi connectivity index (χ1n) is 6.18. The molecule has 0 saturated carbocycles. The van der Waals surface area contributed by atoms with E-state index in [0.29, 0.717) is 0 Å². The summed E-state index contributed by atoms with van der Waals surface area (Å²) in [5.74, 6) is -0.169. The summed E-state index contributed by atoms with van der Waals surface area (Å²) in [4.78, 5) is 11.7. The molecule has 0 heterocycles. The highest BCUT2D eigenvalue weighted by atomic mass is 16.3. The number of hydrogen-bond donors (Lipinski definition) is 2. The van der Waals surface area contributed by atoms with Crippen molar-refractivity contribution in [2.24, 2.45) is 0 Å². The largest absolute Gasteiger partial charge is 0.389 e. The number of aliphatic hydroxyl groups is 1. The first-order chi connectivity index (χ1) is 8.42. The van der Waals surface area contributed by atoms with Crippen LogP contribution < -0.4 is 5.32 Å². The molecule has 0 spiro atoms. The van der Waals surface area contributed by atoms with E-state index in [9.17, 15) is 9.90 Å². The smallest absolute Gasteiger partial charge is 0.244 e. The second-order valence-electron chi connectivity index (χ2n) is 4.92. The summed E-state index contributed by atoms with van der Waals surface area (Å²) in [6.07, 6.45) is 2.39. The number of hydrogen-bond acceptors (Lipinski definition) is 2. The van der Waals surface area contributed by atoms with Crippen molar-refractivity contribution in [1.29, 1.82) is 0 Å². The van der Waals surface area contributed by atoms with Crippen LogP contribution in [-0.4, -0.2) is 23.2 Å². The Kier molecular flexibility index (Phi) is 5.10. The molecule has 1 rings (SSSR count). The minimum absolute atomic E-state index is 0.169. The fourth-order valence-corrected chi connectivity index (χ4v) is 1.55. The van der Waals surface area contributed by atoms with Crippen molar-refractivity contribution in [2.75, 3.05) is 6.54 Å². The maximum atomic E-state index is 11.7. The first kappa shape index (κ1) is 14.5. The van der Waals surface area contributed by atoms with Gasteiger partial charge in [0.2, 0.25) is 5.91 Å². The molecule has 0 atom stereocenters. The molecule has 0 aromatic heterocycles. The van der Waals surface area contributed by atoms with Crippen LogP contribution >= 0.6 is 0 Å². The van der Waals surface area contributed by atoms with E-state index in [2.05, 4.69) is 5.32 Å². The van der Waals surface area contributed by atoms with E-state index in [1.807, 2.05) is 37.3 Å². The molecule has 0 aliphatic carbocycles. The number of rotatable bonds is 5. The van der Waals surface area contributed by atoms with Crippen molar-refractivity contribution >= 4 is 11.5 Å². The molecule has 3 heteroatoms. The predicted octanol–water partition coefficient (Wildman–Crippen LogP) is 2.37. The predicted molar refractivity (Wildman–Crippen MR) is 74.0 cm³/mol. The first-order valence-corrected chi connectivity index (χ1v) is 6.18. The maximum absolute atomic E-state index is 11.7. The van der Waals surface area contributed by atoms with Crippen LogP contribution in [0.25, 0.3) is 5.57 Å². The van der Waals surface area contributed by atoms with E-state index >= 15 is 0 Å². The standard InChI is InChI=1S/C15H21NO2/c1-4-12(13-8-6-5-7-9-13)10-14(17)16-11-15(2,3)18/h5-10,18H,4,11H2,1-3H3,(H,16,17)/b12-10+. The summed E-state index contributed by atoms with van der Waals surface area (Å²) >= 11 is 0. The van der Waals surface area contributed by atoms with Crippen molar-refractivity contribution in [3.63, 3.8) is 0 Å². The van der Waals surface area contributed by atoms with Gasteiger partial charge in [-0.3, -0.25) is 4.79 Å². The minimum atomic E-state index is -0.886. The zero-order valence-electron chi connectivity index (χ0n) is 11.2. The average Bonchev–Trinajstić information content (AvgIpc) is 2.33. The molecule has 0 saturated heterocycles. The molecule has 1 aromatic carbocycles. The zero-order chi connectivity index (χ0) is 13.6. The molecule has 0 aliphatic heterocycles. The monoisotopic (exact) mass is 247 g/mol. The molecular weight excluding hydrogens is 226 g/mol. The van der Waals surface area contributed by atoms with Gasteiger partial charge < -0.3 is 10.4 Å². The third kappa shape index (κ3) is 5.15. The van der Waals surface area contributed by atoms with Gasteiger partial charge in [-0.05, 0) is 31.4 Å². The van der Waals surface area contributed by atoms with Gasteiger partial charge in [0, 0.05) is 12.6 Å². The van der Waals surface area contributed by atoms with Crippen LogP contribution in [0.1, 0.15) is 32.8 Å². The summed E-state index contributed by atoms with van der Waals surface area (Å²) < 4.78 is 0. The van der Waals surface area contributed by atoms with Gasteiger partial charge in [0.25, 0.3) is 0 Å². The molecule has 0 bridgehead atoms. The molecule has 0 fully saturated rings. The van der Waals surface area contributed by atoms with Crippen LogP contribution in [0, 0.1) is 0 Å². The van der Waals surface area contributed by atoms with Gasteiger partial charge in [-0.25, -0.2) is 0 Å². The molecule has 18 heavy (non-hydrogen) atoms. The number of nitrogens with one attached hydrogen (secondary N) is 1. The number of carbonyl (C=O) groups excluding carboxylic acids is 1. The Morgan fingerprint density at radius 2 is 1.94 bits per heavy atom. The molecule has 1 aromatic rings. The highest BCUT2D eigenvalue weighted by Gasteiger charge is 2.13. The number of carbonyl (C=O) groups is 1. The summed E-state index contributed by atoms with van der Waals surface area (Å²) in [5.41, 5.74) is 1.16. The van der Waals surface area contributed by atoms with Crippen LogP contribution in [0.15, 0.2) is 36.4 Å². The van der Waals surface area contributed by atoms with E-state index in [0.717, 1.165) is 17.6 Å². The van der Waals surface area contributed by atoms with E-state index < -0.39 is 5.60 Å². The van der Waals surface area contributed by atoms with Gasteiger partial charge in [0.1, 0.15) is 0 Å². The van der Waals surface area contributed by atoms with Crippen LogP contribution in [0.3, 0.4) is 0 Å². The third-order valence-electron chi connectivity index (χ3n) is 2.53. The normalized spacial score (nSPS) is 12.3. The fourth-order valence-electron chi connectivity index (χ4n) is 1.55. The van der Waals surface area contributed by atoms with Crippen molar-refractivity contribution in [3.05, 3.63) is 42.0 Å². The summed E-state index contributed by atoms with van der Waals surface area (Å²) in [6, 6.07) is 9.82. The van der Waals surface area contributed by atoms with Crippen molar-refractivity contribution in [1.82, 2.24) is 5.32 Å². The molecule has 3 nitrogen and oxygen atoms in total.